The van der Waals surface area contributed by atoms with Gasteiger partial charge in [-0.15, -0.1) is 0 Å². The molecule has 18 heavy (non-hydrogen) atoms. The Bertz CT molecular complexity index is 447. The molecule has 0 radical (unpaired) electrons. The average molecular weight is 262 g/mol. The summed E-state index contributed by atoms with van der Waals surface area (Å²) in [7, 11) is -1.20. The fourth-order valence-corrected chi connectivity index (χ4v) is 2.69. The summed E-state index contributed by atoms with van der Waals surface area (Å²) in [6.45, 7) is 0.261. The van der Waals surface area contributed by atoms with Crippen molar-refractivity contribution in [3.8, 4) is 5.75 Å². The minimum absolute atomic E-state index is 0.0101. The third-order valence-electron chi connectivity index (χ3n) is 2.20. The summed E-state index contributed by atoms with van der Waals surface area (Å²) >= 11 is 0. The Morgan fingerprint density at radius 2 is 1.50 bits per heavy atom. The van der Waals surface area contributed by atoms with Crippen LogP contribution in [0.15, 0.2) is 60.7 Å². The largest absolute Gasteiger partial charge is 0.444 e. The van der Waals surface area contributed by atoms with E-state index in [-0.39, 0.29) is 13.2 Å². The Morgan fingerprint density at radius 1 is 0.889 bits per heavy atom. The molecule has 1 atom stereocenters. The molecule has 0 aliphatic heterocycles. The van der Waals surface area contributed by atoms with Crippen LogP contribution in [0, 0.1) is 0 Å². The van der Waals surface area contributed by atoms with Crippen LogP contribution in [0.1, 0.15) is 0 Å². The van der Waals surface area contributed by atoms with Crippen LogP contribution in [-0.4, -0.2) is 18.3 Å². The Morgan fingerprint density at radius 3 is 2.11 bits per heavy atom. The first-order chi connectivity index (χ1) is 8.90. The highest BCUT2D eigenvalue weighted by molar-refractivity contribution is 7.56. The van der Waals surface area contributed by atoms with Gasteiger partial charge in [0.05, 0.1) is 13.2 Å². The van der Waals surface area contributed by atoms with E-state index in [9.17, 15) is 0 Å². The predicted octanol–water partition coefficient (Wildman–Crippen LogP) is 2.71. The summed E-state index contributed by atoms with van der Waals surface area (Å²) in [5.74, 6) is 0.769. The number of aliphatic hydroxyl groups excluding tert-OH is 1. The zero-order valence-corrected chi connectivity index (χ0v) is 10.8. The van der Waals surface area contributed by atoms with Crippen LogP contribution in [0.25, 0.3) is 0 Å². The Kier molecular flexibility index (Phi) is 5.15. The molecular weight excluding hydrogens is 247 g/mol. The zero-order chi connectivity index (χ0) is 12.6. The smallest absolute Gasteiger partial charge is 0.265 e. The molecule has 0 fully saturated rings. The van der Waals surface area contributed by atoms with Crippen LogP contribution in [0.2, 0.25) is 0 Å². The van der Waals surface area contributed by atoms with Gasteiger partial charge < -0.3 is 14.2 Å². The predicted molar refractivity (Wildman–Crippen MR) is 73.1 cm³/mol. The molecule has 0 saturated carbocycles. The first-order valence-corrected chi connectivity index (χ1v) is 6.90. The van der Waals surface area contributed by atoms with Crippen molar-refractivity contribution < 1.29 is 14.2 Å². The summed E-state index contributed by atoms with van der Waals surface area (Å²) in [6.07, 6.45) is 0. The highest BCUT2D eigenvalue weighted by Crippen LogP contribution is 2.38. The molecule has 0 aliphatic rings. The molecule has 2 aromatic rings. The summed E-state index contributed by atoms with van der Waals surface area (Å²) in [5.41, 5.74) is 0. The molecule has 0 heterocycles. The lowest BCUT2D eigenvalue weighted by atomic mass is 10.3. The number of hydrogen-bond donors (Lipinski definition) is 1. The lowest BCUT2D eigenvalue weighted by molar-refractivity contribution is 0.205. The van der Waals surface area contributed by atoms with Gasteiger partial charge in [-0.05, 0) is 24.3 Å². The van der Waals surface area contributed by atoms with Gasteiger partial charge in [0.2, 0.25) is 0 Å². The molecule has 0 aliphatic carbocycles. The number of aliphatic hydroxyl groups is 1. The minimum atomic E-state index is -1.20. The van der Waals surface area contributed by atoms with Gasteiger partial charge in [-0.2, -0.15) is 0 Å². The zero-order valence-electron chi connectivity index (χ0n) is 9.90. The van der Waals surface area contributed by atoms with E-state index >= 15 is 0 Å². The van der Waals surface area contributed by atoms with E-state index in [1.165, 1.54) is 0 Å². The second kappa shape index (κ2) is 7.12. The maximum Gasteiger partial charge on any atom is 0.265 e. The number of rotatable bonds is 6. The minimum Gasteiger partial charge on any atom is -0.444 e. The Labute approximate surface area is 108 Å². The summed E-state index contributed by atoms with van der Waals surface area (Å²) in [6, 6.07) is 19.3. The van der Waals surface area contributed by atoms with Crippen molar-refractivity contribution in [2.75, 3.05) is 13.2 Å². The van der Waals surface area contributed by atoms with E-state index in [0.29, 0.717) is 0 Å². The lowest BCUT2D eigenvalue weighted by Gasteiger charge is -2.17. The average Bonchev–Trinajstić information content (AvgIpc) is 2.45. The van der Waals surface area contributed by atoms with E-state index in [0.717, 1.165) is 11.1 Å². The Balaban J connectivity index is 2.10. The highest BCUT2D eigenvalue weighted by atomic mass is 31.2. The van der Waals surface area contributed by atoms with Crippen LogP contribution >= 0.6 is 8.38 Å². The van der Waals surface area contributed by atoms with E-state index in [2.05, 4.69) is 0 Å². The molecule has 2 aromatic carbocycles. The fourth-order valence-electron chi connectivity index (χ4n) is 1.40. The van der Waals surface area contributed by atoms with Crippen molar-refractivity contribution in [1.82, 2.24) is 0 Å². The van der Waals surface area contributed by atoms with Crippen molar-refractivity contribution in [3.05, 3.63) is 60.7 Å². The molecule has 0 amide bonds. The van der Waals surface area contributed by atoms with Gasteiger partial charge in [-0.3, -0.25) is 0 Å². The van der Waals surface area contributed by atoms with Crippen molar-refractivity contribution in [1.29, 1.82) is 0 Å². The van der Waals surface area contributed by atoms with Gasteiger partial charge in [0.25, 0.3) is 8.38 Å². The van der Waals surface area contributed by atoms with E-state index in [4.69, 9.17) is 14.2 Å². The van der Waals surface area contributed by atoms with E-state index in [1.807, 2.05) is 60.7 Å². The Hall–Kier alpha value is -1.41. The van der Waals surface area contributed by atoms with Crippen LogP contribution in [0.4, 0.5) is 0 Å². The maximum absolute atomic E-state index is 8.86. The number of hydrogen-bond acceptors (Lipinski definition) is 3. The molecule has 94 valence electrons. The topological polar surface area (TPSA) is 38.7 Å². The van der Waals surface area contributed by atoms with Gasteiger partial charge in [0.1, 0.15) is 5.75 Å². The quantitative estimate of drug-likeness (QED) is 0.813. The summed E-state index contributed by atoms with van der Waals surface area (Å²) < 4.78 is 11.4. The van der Waals surface area contributed by atoms with Crippen molar-refractivity contribution >= 4 is 13.7 Å². The first-order valence-electron chi connectivity index (χ1n) is 5.72. The monoisotopic (exact) mass is 262 g/mol. The second-order valence-electron chi connectivity index (χ2n) is 3.55. The molecule has 0 saturated heterocycles. The van der Waals surface area contributed by atoms with Crippen LogP contribution in [0.3, 0.4) is 0 Å². The van der Waals surface area contributed by atoms with Crippen LogP contribution < -0.4 is 9.83 Å². The van der Waals surface area contributed by atoms with Gasteiger partial charge in [-0.1, -0.05) is 36.4 Å². The van der Waals surface area contributed by atoms with Crippen LogP contribution in [0.5, 0.6) is 5.75 Å². The summed E-state index contributed by atoms with van der Waals surface area (Å²) in [5, 5.41) is 9.85. The van der Waals surface area contributed by atoms with Crippen LogP contribution in [-0.2, 0) is 4.52 Å². The first kappa shape index (κ1) is 13.0. The molecule has 3 nitrogen and oxygen atoms in total. The molecule has 1 N–H and O–H groups in total. The maximum atomic E-state index is 8.86. The molecular formula is C14H15O3P. The second-order valence-corrected chi connectivity index (χ2v) is 5.03. The fraction of sp³-hybridized carbons (Fsp3) is 0.143. The van der Waals surface area contributed by atoms with Gasteiger partial charge >= 0.3 is 0 Å². The highest BCUT2D eigenvalue weighted by Gasteiger charge is 2.15. The van der Waals surface area contributed by atoms with Gasteiger partial charge in [-0.25, -0.2) is 0 Å². The number of para-hydroxylation sites is 1. The SMILES string of the molecule is OCCOP(Oc1ccccc1)c1ccccc1. The molecule has 2 rings (SSSR count). The van der Waals surface area contributed by atoms with Crippen molar-refractivity contribution in [2.45, 2.75) is 0 Å². The van der Waals surface area contributed by atoms with Crippen molar-refractivity contribution in [3.63, 3.8) is 0 Å². The molecule has 1 unspecified atom stereocenters. The third-order valence-corrected chi connectivity index (χ3v) is 3.71. The molecule has 0 bridgehead atoms. The molecule has 0 spiro atoms. The third kappa shape index (κ3) is 3.81. The molecule has 4 heteroatoms. The van der Waals surface area contributed by atoms with Crippen molar-refractivity contribution in [2.24, 2.45) is 0 Å². The normalized spacial score (nSPS) is 12.1. The number of benzene rings is 2. The van der Waals surface area contributed by atoms with Gasteiger partial charge in [0.15, 0.2) is 0 Å². The summed E-state index contributed by atoms with van der Waals surface area (Å²) in [4.78, 5) is 0. The van der Waals surface area contributed by atoms with E-state index in [1.54, 1.807) is 0 Å². The van der Waals surface area contributed by atoms with E-state index < -0.39 is 8.38 Å². The molecule has 0 aromatic heterocycles. The lowest BCUT2D eigenvalue weighted by Crippen LogP contribution is -2.09. The standard InChI is InChI=1S/C14H15O3P/c15-11-12-16-18(14-9-5-2-6-10-14)17-13-7-3-1-4-8-13/h1-10,15H,11-12H2. The van der Waals surface area contributed by atoms with Gasteiger partial charge in [0, 0.05) is 5.30 Å².